The summed E-state index contributed by atoms with van der Waals surface area (Å²) >= 11 is 5.86. The third-order valence-corrected chi connectivity index (χ3v) is 5.74. The van der Waals surface area contributed by atoms with Crippen LogP contribution in [0.2, 0.25) is 5.02 Å². The number of carbonyl (C=O) groups excluding carboxylic acids is 1. The van der Waals surface area contributed by atoms with Crippen LogP contribution in [0.1, 0.15) is 41.9 Å². The molecule has 4 heterocycles. The molecule has 3 aromatic rings. The quantitative estimate of drug-likeness (QED) is 0.637. The lowest BCUT2D eigenvalue weighted by molar-refractivity contribution is -0.263. The van der Waals surface area contributed by atoms with E-state index in [2.05, 4.69) is 15.1 Å². The van der Waals surface area contributed by atoms with Gasteiger partial charge in [-0.2, -0.15) is 18.3 Å². The van der Waals surface area contributed by atoms with Gasteiger partial charge in [0.15, 0.2) is 5.82 Å². The fourth-order valence-electron chi connectivity index (χ4n) is 3.79. The number of rotatable bonds is 3. The third-order valence-electron chi connectivity index (χ3n) is 5.52. The van der Waals surface area contributed by atoms with Crippen molar-refractivity contribution < 1.29 is 23.1 Å². The van der Waals surface area contributed by atoms with Crippen molar-refractivity contribution in [3.8, 4) is 11.4 Å². The largest absolute Gasteiger partial charge is 0.424 e. The van der Waals surface area contributed by atoms with E-state index in [4.69, 9.17) is 11.6 Å². The van der Waals surface area contributed by atoms with Crippen molar-refractivity contribution in [3.05, 3.63) is 52.8 Å². The lowest BCUT2D eigenvalue weighted by Crippen LogP contribution is -2.45. The van der Waals surface area contributed by atoms with Gasteiger partial charge in [-0.1, -0.05) is 11.6 Å². The number of nitrogens with zero attached hydrogens (tertiary/aromatic N) is 6. The Kier molecular flexibility index (Phi) is 5.29. The smallest absolute Gasteiger partial charge is 0.374 e. The number of hydrogen-bond donors (Lipinski definition) is 1. The highest BCUT2D eigenvalue weighted by molar-refractivity contribution is 6.30. The maximum Gasteiger partial charge on any atom is 0.424 e. The van der Waals surface area contributed by atoms with Gasteiger partial charge in [-0.05, 0) is 32.0 Å². The van der Waals surface area contributed by atoms with Crippen LogP contribution in [0.3, 0.4) is 0 Å². The second kappa shape index (κ2) is 7.59. The number of aliphatic hydroxyl groups is 1. The molecule has 8 nitrogen and oxygen atoms in total. The highest BCUT2D eigenvalue weighted by Gasteiger charge is 2.55. The lowest BCUT2D eigenvalue weighted by atomic mass is 10.0. The van der Waals surface area contributed by atoms with Gasteiger partial charge in [0, 0.05) is 19.8 Å². The number of imidazole rings is 1. The fraction of sp³-hybridized carbons (Fsp3) is 0.400. The van der Waals surface area contributed by atoms with Crippen molar-refractivity contribution in [1.82, 2.24) is 29.2 Å². The molecule has 1 aliphatic heterocycles. The molecule has 0 saturated heterocycles. The molecule has 0 aromatic carbocycles. The van der Waals surface area contributed by atoms with E-state index >= 15 is 0 Å². The molecule has 1 amide bonds. The van der Waals surface area contributed by atoms with Crippen molar-refractivity contribution >= 4 is 17.5 Å². The van der Waals surface area contributed by atoms with E-state index in [0.717, 1.165) is 0 Å². The molecule has 2 atom stereocenters. The molecule has 32 heavy (non-hydrogen) atoms. The highest BCUT2D eigenvalue weighted by Crippen LogP contribution is 2.40. The van der Waals surface area contributed by atoms with Crippen molar-refractivity contribution in [2.75, 3.05) is 6.54 Å². The van der Waals surface area contributed by atoms with Crippen molar-refractivity contribution in [1.29, 1.82) is 0 Å². The monoisotopic (exact) mass is 468 g/mol. The average Bonchev–Trinajstić information content (AvgIpc) is 3.31. The van der Waals surface area contributed by atoms with E-state index in [1.54, 1.807) is 32.2 Å². The second-order valence-electron chi connectivity index (χ2n) is 7.95. The Labute approximate surface area is 186 Å². The first-order chi connectivity index (χ1) is 14.9. The standard InChI is InChI=1S/C20H20ClF3N6O2/c1-11-9-29(10-13-8-26-18(30(11)13)19(2,32)20(22,23)24)17(31)16-6-15(27-28(16)3)14-5-4-12(21)7-25-14/h4-8,11,32H,9-10H2,1-3H3/t11-,19?/m0/s1. The summed E-state index contributed by atoms with van der Waals surface area (Å²) < 4.78 is 42.8. The fourth-order valence-corrected chi connectivity index (χ4v) is 3.90. The summed E-state index contributed by atoms with van der Waals surface area (Å²) in [6.45, 7) is 2.54. The molecule has 1 aliphatic rings. The van der Waals surface area contributed by atoms with Gasteiger partial charge >= 0.3 is 6.18 Å². The first-order valence-corrected chi connectivity index (χ1v) is 10.1. The Hall–Kier alpha value is -2.92. The van der Waals surface area contributed by atoms with Gasteiger partial charge in [-0.3, -0.25) is 14.5 Å². The number of carbonyl (C=O) groups is 1. The first kappa shape index (κ1) is 22.3. The van der Waals surface area contributed by atoms with Crippen molar-refractivity contribution in [2.45, 2.75) is 38.2 Å². The SMILES string of the molecule is C[C@H]1CN(C(=O)c2cc(-c3ccc(Cl)cn3)nn2C)Cc2cnc(C(C)(O)C(F)(F)F)n21. The molecular weight excluding hydrogens is 449 g/mol. The molecule has 170 valence electrons. The Morgan fingerprint density at radius 2 is 1.94 bits per heavy atom. The Balaban J connectivity index is 1.62. The lowest BCUT2D eigenvalue weighted by Gasteiger charge is -2.36. The molecular formula is C20H20ClF3N6O2. The number of aryl methyl sites for hydroxylation is 1. The maximum atomic E-state index is 13.3. The van der Waals surface area contributed by atoms with Crippen LogP contribution >= 0.6 is 11.6 Å². The number of aromatic nitrogens is 5. The Bertz CT molecular complexity index is 1170. The van der Waals surface area contributed by atoms with Crippen LogP contribution in [-0.2, 0) is 19.2 Å². The zero-order valence-electron chi connectivity index (χ0n) is 17.4. The molecule has 0 radical (unpaired) electrons. The molecule has 3 aromatic heterocycles. The van der Waals surface area contributed by atoms with Gasteiger partial charge in [0.2, 0.25) is 5.60 Å². The van der Waals surface area contributed by atoms with Gasteiger partial charge < -0.3 is 14.6 Å². The van der Waals surface area contributed by atoms with Gasteiger partial charge in [0.1, 0.15) is 11.4 Å². The van der Waals surface area contributed by atoms with E-state index in [1.807, 2.05) is 0 Å². The van der Waals surface area contributed by atoms with Crippen LogP contribution in [0.5, 0.6) is 0 Å². The van der Waals surface area contributed by atoms with E-state index in [-0.39, 0.29) is 19.0 Å². The summed E-state index contributed by atoms with van der Waals surface area (Å²) in [5.74, 6) is -0.820. The number of amides is 1. The van der Waals surface area contributed by atoms with Gasteiger partial charge in [0.25, 0.3) is 5.91 Å². The van der Waals surface area contributed by atoms with Crippen LogP contribution in [0.4, 0.5) is 13.2 Å². The number of halogens is 4. The highest BCUT2D eigenvalue weighted by atomic mass is 35.5. The minimum atomic E-state index is -4.89. The number of alkyl halides is 3. The average molecular weight is 469 g/mol. The van der Waals surface area contributed by atoms with Crippen LogP contribution in [-0.4, -0.2) is 53.0 Å². The maximum absolute atomic E-state index is 13.3. The summed E-state index contributed by atoms with van der Waals surface area (Å²) in [6, 6.07) is 4.43. The number of fused-ring (bicyclic) bond motifs is 1. The molecule has 1 N–H and O–H groups in total. The van der Waals surface area contributed by atoms with Crippen molar-refractivity contribution in [2.24, 2.45) is 7.05 Å². The molecule has 0 spiro atoms. The molecule has 12 heteroatoms. The van der Waals surface area contributed by atoms with Gasteiger partial charge in [0.05, 0.1) is 35.2 Å². The summed E-state index contributed by atoms with van der Waals surface area (Å²) in [4.78, 5) is 22.8. The molecule has 0 saturated carbocycles. The zero-order chi connectivity index (χ0) is 23.4. The predicted octanol–water partition coefficient (Wildman–Crippen LogP) is 3.32. The minimum Gasteiger partial charge on any atom is -0.374 e. The molecule has 1 unspecified atom stereocenters. The number of pyridine rings is 1. The van der Waals surface area contributed by atoms with Crippen LogP contribution < -0.4 is 0 Å². The number of hydrogen-bond acceptors (Lipinski definition) is 5. The van der Waals surface area contributed by atoms with Gasteiger partial charge in [-0.15, -0.1) is 0 Å². The van der Waals surface area contributed by atoms with E-state index in [1.165, 1.54) is 26.5 Å². The van der Waals surface area contributed by atoms with Crippen molar-refractivity contribution in [3.63, 3.8) is 0 Å². The van der Waals surface area contributed by atoms with Crippen LogP contribution in [0, 0.1) is 0 Å². The Morgan fingerprint density at radius 1 is 1.22 bits per heavy atom. The van der Waals surface area contributed by atoms with E-state index in [9.17, 15) is 23.1 Å². The van der Waals surface area contributed by atoms with Crippen LogP contribution in [0.15, 0.2) is 30.6 Å². The molecule has 4 rings (SSSR count). The first-order valence-electron chi connectivity index (χ1n) is 9.71. The zero-order valence-corrected chi connectivity index (χ0v) is 18.2. The Morgan fingerprint density at radius 3 is 2.56 bits per heavy atom. The predicted molar refractivity (Wildman–Crippen MR) is 109 cm³/mol. The molecule has 0 aliphatic carbocycles. The minimum absolute atomic E-state index is 0.0455. The van der Waals surface area contributed by atoms with E-state index < -0.39 is 23.6 Å². The summed E-state index contributed by atoms with van der Waals surface area (Å²) in [5, 5.41) is 14.9. The topological polar surface area (TPSA) is 89.1 Å². The van der Waals surface area contributed by atoms with E-state index in [0.29, 0.717) is 34.7 Å². The third kappa shape index (κ3) is 3.65. The summed E-state index contributed by atoms with van der Waals surface area (Å²) in [7, 11) is 1.63. The normalized spacial score (nSPS) is 18.4. The molecule has 0 bridgehead atoms. The van der Waals surface area contributed by atoms with Crippen LogP contribution in [0.25, 0.3) is 11.4 Å². The second-order valence-corrected chi connectivity index (χ2v) is 8.38. The summed E-state index contributed by atoms with van der Waals surface area (Å²) in [5.41, 5.74) is -1.36. The molecule has 0 fully saturated rings. The van der Waals surface area contributed by atoms with Gasteiger partial charge in [-0.25, -0.2) is 4.98 Å². The summed E-state index contributed by atoms with van der Waals surface area (Å²) in [6.07, 6.45) is -2.14.